The Bertz CT molecular complexity index is 826. The highest BCUT2D eigenvalue weighted by atomic mass is 16.6. The first kappa shape index (κ1) is 24.8. The molecule has 0 fully saturated rings. The van der Waals surface area contributed by atoms with Crippen molar-refractivity contribution in [3.05, 3.63) is 60.7 Å². The van der Waals surface area contributed by atoms with Gasteiger partial charge in [0.1, 0.15) is 6.61 Å². The van der Waals surface area contributed by atoms with Gasteiger partial charge in [-0.05, 0) is 44.5 Å². The molecule has 0 amide bonds. The summed E-state index contributed by atoms with van der Waals surface area (Å²) in [7, 11) is 0. The van der Waals surface area contributed by atoms with Gasteiger partial charge < -0.3 is 14.2 Å². The SMILES string of the molecule is C=CCOCC#Cc1ccc(C#CCC(CC=C)(C(=O)OCC)C(=O)OCC)cc1. The summed E-state index contributed by atoms with van der Waals surface area (Å²) >= 11 is 0. The quantitative estimate of drug-likeness (QED) is 0.194. The number of ether oxygens (including phenoxy) is 3. The highest BCUT2D eigenvalue weighted by molar-refractivity contribution is 6.00. The maximum absolute atomic E-state index is 12.6. The molecule has 0 saturated heterocycles. The van der Waals surface area contributed by atoms with Gasteiger partial charge in [0.2, 0.25) is 0 Å². The van der Waals surface area contributed by atoms with Crippen LogP contribution in [-0.2, 0) is 23.8 Å². The van der Waals surface area contributed by atoms with Crippen LogP contribution in [0.3, 0.4) is 0 Å². The third-order valence-corrected chi connectivity index (χ3v) is 3.98. The summed E-state index contributed by atoms with van der Waals surface area (Å²) in [5, 5.41) is 0. The topological polar surface area (TPSA) is 61.8 Å². The van der Waals surface area contributed by atoms with Gasteiger partial charge in [-0.25, -0.2) is 0 Å². The lowest BCUT2D eigenvalue weighted by Crippen LogP contribution is -2.41. The highest BCUT2D eigenvalue weighted by Gasteiger charge is 2.47. The zero-order valence-corrected chi connectivity index (χ0v) is 17.7. The number of carbonyl (C=O) groups is 2. The summed E-state index contributed by atoms with van der Waals surface area (Å²) in [6, 6.07) is 7.34. The first-order valence-electron chi connectivity index (χ1n) is 9.75. The number of hydrogen-bond acceptors (Lipinski definition) is 5. The molecular weight excluding hydrogens is 380 g/mol. The zero-order valence-electron chi connectivity index (χ0n) is 17.7. The predicted octanol–water partition coefficient (Wildman–Crippen LogP) is 3.67. The number of allylic oxidation sites excluding steroid dienone is 1. The maximum Gasteiger partial charge on any atom is 0.324 e. The van der Waals surface area contributed by atoms with E-state index in [9.17, 15) is 9.59 Å². The average Bonchev–Trinajstić information content (AvgIpc) is 2.74. The van der Waals surface area contributed by atoms with Crippen molar-refractivity contribution in [1.29, 1.82) is 0 Å². The van der Waals surface area contributed by atoms with Crippen molar-refractivity contribution in [1.82, 2.24) is 0 Å². The van der Waals surface area contributed by atoms with Crippen molar-refractivity contribution in [3.8, 4) is 23.7 Å². The summed E-state index contributed by atoms with van der Waals surface area (Å²) in [5.74, 6) is 10.5. The predicted molar refractivity (Wildman–Crippen MR) is 116 cm³/mol. The molecule has 158 valence electrons. The van der Waals surface area contributed by atoms with Gasteiger partial charge >= 0.3 is 11.9 Å². The van der Waals surface area contributed by atoms with E-state index in [4.69, 9.17) is 14.2 Å². The van der Waals surface area contributed by atoms with Crippen LogP contribution in [0.5, 0.6) is 0 Å². The summed E-state index contributed by atoms with van der Waals surface area (Å²) in [4.78, 5) is 25.1. The molecule has 0 saturated carbocycles. The van der Waals surface area contributed by atoms with Crippen LogP contribution < -0.4 is 0 Å². The van der Waals surface area contributed by atoms with Gasteiger partial charge in [-0.2, -0.15) is 0 Å². The van der Waals surface area contributed by atoms with Crippen molar-refractivity contribution < 1.29 is 23.8 Å². The van der Waals surface area contributed by atoms with Crippen LogP contribution >= 0.6 is 0 Å². The van der Waals surface area contributed by atoms with Crippen LogP contribution in [0.25, 0.3) is 0 Å². The minimum atomic E-state index is -1.52. The Morgan fingerprint density at radius 1 is 0.933 bits per heavy atom. The number of benzene rings is 1. The molecule has 0 aromatic heterocycles. The first-order chi connectivity index (χ1) is 14.5. The molecule has 0 aliphatic rings. The Balaban J connectivity index is 2.96. The van der Waals surface area contributed by atoms with E-state index in [-0.39, 0.29) is 26.1 Å². The molecule has 1 aromatic rings. The average molecular weight is 408 g/mol. The van der Waals surface area contributed by atoms with Crippen LogP contribution in [-0.4, -0.2) is 38.4 Å². The maximum atomic E-state index is 12.6. The Kier molecular flexibility index (Phi) is 11.4. The Morgan fingerprint density at radius 2 is 1.47 bits per heavy atom. The number of rotatable bonds is 10. The molecule has 0 atom stereocenters. The van der Waals surface area contributed by atoms with E-state index in [0.717, 1.165) is 11.1 Å². The third-order valence-electron chi connectivity index (χ3n) is 3.98. The van der Waals surface area contributed by atoms with E-state index in [1.807, 2.05) is 24.3 Å². The van der Waals surface area contributed by atoms with Crippen molar-refractivity contribution in [2.45, 2.75) is 26.7 Å². The van der Waals surface area contributed by atoms with Crippen molar-refractivity contribution >= 4 is 11.9 Å². The van der Waals surface area contributed by atoms with Crippen LogP contribution in [0.15, 0.2) is 49.6 Å². The molecule has 30 heavy (non-hydrogen) atoms. The Labute approximate surface area is 179 Å². The molecular formula is C25H28O5. The molecule has 5 nitrogen and oxygen atoms in total. The number of carbonyl (C=O) groups excluding carboxylic acids is 2. The summed E-state index contributed by atoms with van der Waals surface area (Å²) in [6.45, 7) is 11.7. The van der Waals surface area contributed by atoms with E-state index in [0.29, 0.717) is 13.2 Å². The van der Waals surface area contributed by atoms with E-state index in [1.165, 1.54) is 6.08 Å². The lowest BCUT2D eigenvalue weighted by molar-refractivity contribution is -0.171. The molecule has 1 rings (SSSR count). The molecule has 0 unspecified atom stereocenters. The minimum absolute atomic E-state index is 0.0289. The van der Waals surface area contributed by atoms with Crippen molar-refractivity contribution in [2.75, 3.05) is 26.4 Å². The van der Waals surface area contributed by atoms with Crippen LogP contribution in [0, 0.1) is 29.1 Å². The lowest BCUT2D eigenvalue weighted by Gasteiger charge is -2.26. The lowest BCUT2D eigenvalue weighted by atomic mass is 9.81. The van der Waals surface area contributed by atoms with E-state index >= 15 is 0 Å². The number of esters is 2. The third kappa shape index (κ3) is 7.62. The van der Waals surface area contributed by atoms with Gasteiger partial charge in [-0.1, -0.05) is 35.8 Å². The molecule has 0 radical (unpaired) electrons. The summed E-state index contributed by atoms with van der Waals surface area (Å²) in [6.07, 6.45) is 3.23. The second-order valence-electron chi connectivity index (χ2n) is 6.18. The highest BCUT2D eigenvalue weighted by Crippen LogP contribution is 2.31. The molecule has 0 bridgehead atoms. The fourth-order valence-electron chi connectivity index (χ4n) is 2.52. The normalized spacial score (nSPS) is 9.93. The van der Waals surface area contributed by atoms with E-state index in [2.05, 4.69) is 36.8 Å². The molecule has 0 heterocycles. The Hall–Kier alpha value is -3.28. The summed E-state index contributed by atoms with van der Waals surface area (Å²) < 4.78 is 15.5. The molecule has 0 spiro atoms. The molecule has 5 heteroatoms. The standard InChI is InChI=1S/C25H28O5/c1-5-17-25(23(26)29-7-3,24(27)30-8-4)18-9-11-21-13-15-22(16-14-21)12-10-20-28-19-6-2/h5-6,13-16H,1-2,7-8,17-20H2,3-4H3. The Morgan fingerprint density at radius 3 is 1.93 bits per heavy atom. The van der Waals surface area contributed by atoms with Crippen LogP contribution in [0.1, 0.15) is 37.8 Å². The van der Waals surface area contributed by atoms with Gasteiger partial charge in [0.05, 0.1) is 19.8 Å². The van der Waals surface area contributed by atoms with Gasteiger partial charge in [0.25, 0.3) is 0 Å². The monoisotopic (exact) mass is 408 g/mol. The summed E-state index contributed by atoms with van der Waals surface area (Å²) in [5.41, 5.74) is 0.0583. The van der Waals surface area contributed by atoms with E-state index in [1.54, 1.807) is 19.9 Å². The van der Waals surface area contributed by atoms with Crippen molar-refractivity contribution in [2.24, 2.45) is 5.41 Å². The molecule has 0 N–H and O–H groups in total. The first-order valence-corrected chi connectivity index (χ1v) is 9.75. The van der Waals surface area contributed by atoms with Crippen LogP contribution in [0.4, 0.5) is 0 Å². The van der Waals surface area contributed by atoms with Gasteiger partial charge in [-0.15, -0.1) is 13.2 Å². The molecule has 0 aliphatic heterocycles. The second-order valence-corrected chi connectivity index (χ2v) is 6.18. The minimum Gasteiger partial charge on any atom is -0.465 e. The zero-order chi connectivity index (χ0) is 22.2. The van der Waals surface area contributed by atoms with E-state index < -0.39 is 17.4 Å². The molecule has 0 aliphatic carbocycles. The fourth-order valence-corrected chi connectivity index (χ4v) is 2.52. The number of hydrogen-bond donors (Lipinski definition) is 0. The van der Waals surface area contributed by atoms with Gasteiger partial charge in [0, 0.05) is 17.5 Å². The van der Waals surface area contributed by atoms with Gasteiger partial charge in [-0.3, -0.25) is 9.59 Å². The van der Waals surface area contributed by atoms with Crippen molar-refractivity contribution in [3.63, 3.8) is 0 Å². The fraction of sp³-hybridized carbons (Fsp3) is 0.360. The molecule has 1 aromatic carbocycles. The van der Waals surface area contributed by atoms with Gasteiger partial charge in [0.15, 0.2) is 5.41 Å². The second kappa shape index (κ2) is 13.8. The largest absolute Gasteiger partial charge is 0.465 e. The van der Waals surface area contributed by atoms with Crippen LogP contribution in [0.2, 0.25) is 0 Å². The smallest absolute Gasteiger partial charge is 0.324 e.